The van der Waals surface area contributed by atoms with Gasteiger partial charge in [-0.15, -0.1) is 0 Å². The van der Waals surface area contributed by atoms with E-state index in [0.29, 0.717) is 5.02 Å². The summed E-state index contributed by atoms with van der Waals surface area (Å²) < 4.78 is 1.08. The molecule has 0 radical (unpaired) electrons. The van der Waals surface area contributed by atoms with Gasteiger partial charge in [-0.05, 0) is 53.0 Å². The zero-order chi connectivity index (χ0) is 9.14. The molecule has 0 aliphatic carbocycles. The smallest absolute Gasteiger partial charge is 0.168 e. The first-order chi connectivity index (χ1) is 5.59. The van der Waals surface area contributed by atoms with Crippen molar-refractivity contribution in [3.8, 4) is 0 Å². The average Bonchev–Trinajstić information content (AvgIpc) is 1.96. The average molecular weight is 313 g/mol. The summed E-state index contributed by atoms with van der Waals surface area (Å²) >= 11 is 12.7. The number of hydrogen-bond acceptors (Lipinski definition) is 1. The van der Waals surface area contributed by atoms with Crippen molar-refractivity contribution in [1.29, 1.82) is 0 Å². The van der Waals surface area contributed by atoms with Crippen LogP contribution in [0.5, 0.6) is 0 Å². The third-order valence-electron chi connectivity index (χ3n) is 1.19. The molecule has 2 nitrogen and oxygen atoms in total. The normalized spacial score (nSPS) is 9.50. The van der Waals surface area contributed by atoms with Gasteiger partial charge in [-0.2, -0.15) is 0 Å². The zero-order valence-corrected chi connectivity index (χ0v) is 9.70. The van der Waals surface area contributed by atoms with Crippen molar-refractivity contribution in [2.24, 2.45) is 5.73 Å². The van der Waals surface area contributed by atoms with E-state index in [1.165, 1.54) is 0 Å². The topological polar surface area (TPSA) is 38.0 Å². The van der Waals surface area contributed by atoms with Crippen LogP contribution in [0.4, 0.5) is 5.69 Å². The van der Waals surface area contributed by atoms with Crippen LogP contribution in [0, 0.1) is 3.57 Å². The summed E-state index contributed by atoms with van der Waals surface area (Å²) in [6.07, 6.45) is 0. The highest BCUT2D eigenvalue weighted by Gasteiger charge is 2.00. The zero-order valence-electron chi connectivity index (χ0n) is 5.97. The minimum Gasteiger partial charge on any atom is -0.376 e. The minimum atomic E-state index is 0.221. The summed E-state index contributed by atoms with van der Waals surface area (Å²) in [5, 5.41) is 3.62. The van der Waals surface area contributed by atoms with E-state index >= 15 is 0 Å². The van der Waals surface area contributed by atoms with Gasteiger partial charge in [0.15, 0.2) is 5.11 Å². The van der Waals surface area contributed by atoms with Crippen LogP contribution in [0.3, 0.4) is 0 Å². The first-order valence-electron chi connectivity index (χ1n) is 3.11. The van der Waals surface area contributed by atoms with Gasteiger partial charge in [0.1, 0.15) is 0 Å². The van der Waals surface area contributed by atoms with Crippen molar-refractivity contribution >= 4 is 57.2 Å². The Labute approximate surface area is 94.6 Å². The lowest BCUT2D eigenvalue weighted by Gasteiger charge is -2.05. The Morgan fingerprint density at radius 3 is 2.83 bits per heavy atom. The lowest BCUT2D eigenvalue weighted by Crippen LogP contribution is -2.19. The van der Waals surface area contributed by atoms with Gasteiger partial charge < -0.3 is 11.1 Å². The van der Waals surface area contributed by atoms with E-state index in [0.717, 1.165) is 9.26 Å². The van der Waals surface area contributed by atoms with Crippen LogP contribution in [0.15, 0.2) is 18.2 Å². The first-order valence-corrected chi connectivity index (χ1v) is 4.97. The highest BCUT2D eigenvalue weighted by molar-refractivity contribution is 14.1. The van der Waals surface area contributed by atoms with Gasteiger partial charge in [0.2, 0.25) is 0 Å². The Bertz CT molecular complexity index is 316. The predicted octanol–water partition coefficient (Wildman–Crippen LogP) is 2.60. The van der Waals surface area contributed by atoms with Gasteiger partial charge in [-0.1, -0.05) is 11.6 Å². The van der Waals surface area contributed by atoms with E-state index in [1.807, 2.05) is 12.1 Å². The van der Waals surface area contributed by atoms with Gasteiger partial charge in [-0.3, -0.25) is 0 Å². The summed E-state index contributed by atoms with van der Waals surface area (Å²) in [4.78, 5) is 0. The van der Waals surface area contributed by atoms with Crippen LogP contribution in [0.2, 0.25) is 5.02 Å². The molecule has 0 amide bonds. The SMILES string of the molecule is NC(=S)Nc1cc(I)ccc1Cl. The Balaban J connectivity index is 2.97. The minimum absolute atomic E-state index is 0.221. The quantitative estimate of drug-likeness (QED) is 0.618. The summed E-state index contributed by atoms with van der Waals surface area (Å²) in [6, 6.07) is 5.58. The molecule has 0 bridgehead atoms. The van der Waals surface area contributed by atoms with Crippen LogP contribution in [0.25, 0.3) is 0 Å². The molecule has 64 valence electrons. The molecule has 0 atom stereocenters. The third-order valence-corrected chi connectivity index (χ3v) is 2.29. The molecule has 0 aliphatic heterocycles. The Kier molecular flexibility index (Phi) is 3.54. The van der Waals surface area contributed by atoms with E-state index in [1.54, 1.807) is 6.07 Å². The largest absolute Gasteiger partial charge is 0.376 e. The molecule has 1 aromatic rings. The molecule has 0 spiro atoms. The fourth-order valence-corrected chi connectivity index (χ4v) is 1.49. The van der Waals surface area contributed by atoms with Crippen LogP contribution in [-0.4, -0.2) is 5.11 Å². The third kappa shape index (κ3) is 2.76. The van der Waals surface area contributed by atoms with Crippen LogP contribution in [-0.2, 0) is 0 Å². The maximum absolute atomic E-state index is 5.86. The van der Waals surface area contributed by atoms with Crippen molar-refractivity contribution in [3.05, 3.63) is 26.8 Å². The maximum atomic E-state index is 5.86. The number of anilines is 1. The van der Waals surface area contributed by atoms with E-state index in [2.05, 4.69) is 40.1 Å². The number of thiocarbonyl (C=S) groups is 1. The number of benzene rings is 1. The molecule has 1 aromatic carbocycles. The van der Waals surface area contributed by atoms with Crippen molar-refractivity contribution in [2.45, 2.75) is 0 Å². The summed E-state index contributed by atoms with van der Waals surface area (Å²) in [6.45, 7) is 0. The highest BCUT2D eigenvalue weighted by atomic mass is 127. The first kappa shape index (κ1) is 10.0. The second-order valence-electron chi connectivity index (χ2n) is 2.11. The van der Waals surface area contributed by atoms with Crippen molar-refractivity contribution in [3.63, 3.8) is 0 Å². The van der Waals surface area contributed by atoms with Gasteiger partial charge in [0.25, 0.3) is 0 Å². The van der Waals surface area contributed by atoms with E-state index < -0.39 is 0 Å². The molecule has 1 rings (SSSR count). The second kappa shape index (κ2) is 4.25. The highest BCUT2D eigenvalue weighted by Crippen LogP contribution is 2.23. The molecule has 0 aliphatic rings. The van der Waals surface area contributed by atoms with Gasteiger partial charge >= 0.3 is 0 Å². The standard InChI is InChI=1S/C7H6ClIN2S/c8-5-2-1-4(9)3-6(5)11-7(10)12/h1-3H,(H3,10,11,12). The lowest BCUT2D eigenvalue weighted by atomic mass is 10.3. The number of halogens is 2. The molecule has 0 heterocycles. The number of hydrogen-bond donors (Lipinski definition) is 2. The maximum Gasteiger partial charge on any atom is 0.168 e. The van der Waals surface area contributed by atoms with Crippen molar-refractivity contribution in [1.82, 2.24) is 0 Å². The summed E-state index contributed by atoms with van der Waals surface area (Å²) in [5.74, 6) is 0. The molecule has 0 aromatic heterocycles. The van der Waals surface area contributed by atoms with Crippen molar-refractivity contribution in [2.75, 3.05) is 5.32 Å². The molecule has 0 unspecified atom stereocenters. The molecule has 5 heteroatoms. The number of nitrogens with one attached hydrogen (secondary N) is 1. The van der Waals surface area contributed by atoms with Crippen molar-refractivity contribution < 1.29 is 0 Å². The summed E-state index contributed by atoms with van der Waals surface area (Å²) in [5.41, 5.74) is 6.05. The van der Waals surface area contributed by atoms with Gasteiger partial charge in [0.05, 0.1) is 10.7 Å². The number of rotatable bonds is 1. The second-order valence-corrected chi connectivity index (χ2v) is 4.21. The van der Waals surface area contributed by atoms with Crippen LogP contribution in [0.1, 0.15) is 0 Å². The molecular weight excluding hydrogens is 307 g/mol. The van der Waals surface area contributed by atoms with E-state index in [-0.39, 0.29) is 5.11 Å². The van der Waals surface area contributed by atoms with Crippen LogP contribution < -0.4 is 11.1 Å². The van der Waals surface area contributed by atoms with E-state index in [4.69, 9.17) is 17.3 Å². The Morgan fingerprint density at radius 2 is 2.25 bits per heavy atom. The fraction of sp³-hybridized carbons (Fsp3) is 0. The lowest BCUT2D eigenvalue weighted by molar-refractivity contribution is 1.58. The Hall–Kier alpha value is -0.0700. The molecule has 0 fully saturated rings. The molecule has 0 saturated carbocycles. The van der Waals surface area contributed by atoms with Gasteiger partial charge in [0, 0.05) is 3.57 Å². The van der Waals surface area contributed by atoms with E-state index in [9.17, 15) is 0 Å². The fourth-order valence-electron chi connectivity index (χ4n) is 0.726. The van der Waals surface area contributed by atoms with Crippen LogP contribution >= 0.6 is 46.4 Å². The Morgan fingerprint density at radius 1 is 1.58 bits per heavy atom. The molecule has 3 N–H and O–H groups in total. The predicted molar refractivity (Wildman–Crippen MR) is 64.6 cm³/mol. The van der Waals surface area contributed by atoms with Gasteiger partial charge in [-0.25, -0.2) is 0 Å². The summed E-state index contributed by atoms with van der Waals surface area (Å²) in [7, 11) is 0. The number of nitrogens with two attached hydrogens (primary N) is 1. The molecular formula is C7H6ClIN2S. The monoisotopic (exact) mass is 312 g/mol. The molecule has 12 heavy (non-hydrogen) atoms. The molecule has 0 saturated heterocycles.